The van der Waals surface area contributed by atoms with E-state index in [1.54, 1.807) is 25.1 Å². The molecule has 3 rings (SSSR count). The maximum Gasteiger partial charge on any atom is 0.245 e. The number of anilines is 1. The average Bonchev–Trinajstić information content (AvgIpc) is 2.77. The van der Waals surface area contributed by atoms with Gasteiger partial charge in [0.2, 0.25) is 15.9 Å². The molecule has 7 heteroatoms. The van der Waals surface area contributed by atoms with E-state index in [2.05, 4.69) is 10.0 Å². The minimum Gasteiger partial charge on any atom is -0.495 e. The number of carbonyl (C=O) groups excluding carboxylic acids is 1. The summed E-state index contributed by atoms with van der Waals surface area (Å²) in [6, 6.07) is 18.8. The molecule has 0 aromatic heterocycles. The van der Waals surface area contributed by atoms with Crippen molar-refractivity contribution in [3.63, 3.8) is 0 Å². The minimum absolute atomic E-state index is 0.00222. The maximum atomic E-state index is 13.3. The topological polar surface area (TPSA) is 84.5 Å². The smallest absolute Gasteiger partial charge is 0.245 e. The number of rotatable bonds is 8. The van der Waals surface area contributed by atoms with E-state index < -0.39 is 22.0 Å². The van der Waals surface area contributed by atoms with Crippen molar-refractivity contribution in [2.24, 2.45) is 0 Å². The fraction of sp³-hybridized carbons (Fsp3) is 0.240. The van der Waals surface area contributed by atoms with Crippen LogP contribution in [0, 0.1) is 20.8 Å². The SMILES string of the molecule is COc1ccc(C)cc1S(=O)(=O)NC(Cc1ccccc1)C(=O)Nc1cccc(C)c1C. The van der Waals surface area contributed by atoms with E-state index in [4.69, 9.17) is 4.74 Å². The monoisotopic (exact) mass is 452 g/mol. The first-order valence-electron chi connectivity index (χ1n) is 10.3. The second-order valence-electron chi connectivity index (χ2n) is 7.75. The maximum absolute atomic E-state index is 13.3. The van der Waals surface area contributed by atoms with Crippen LogP contribution in [-0.2, 0) is 21.2 Å². The zero-order valence-corrected chi connectivity index (χ0v) is 19.5. The van der Waals surface area contributed by atoms with E-state index in [1.807, 2.05) is 56.3 Å². The van der Waals surface area contributed by atoms with Crippen LogP contribution in [0.15, 0.2) is 71.6 Å². The fourth-order valence-electron chi connectivity index (χ4n) is 3.39. The molecule has 1 atom stereocenters. The van der Waals surface area contributed by atoms with Crippen LogP contribution in [0.2, 0.25) is 0 Å². The number of ether oxygens (including phenoxy) is 1. The van der Waals surface area contributed by atoms with Gasteiger partial charge >= 0.3 is 0 Å². The Morgan fingerprint density at radius 2 is 1.69 bits per heavy atom. The lowest BCUT2D eigenvalue weighted by atomic mass is 10.0. The standard InChI is InChI=1S/C25H28N2O4S/c1-17-13-14-23(31-4)24(15-17)32(29,30)27-22(16-20-10-6-5-7-11-20)25(28)26-21-12-8-9-18(2)19(21)3/h5-15,22,27H,16H2,1-4H3,(H,26,28). The van der Waals surface area contributed by atoms with E-state index in [9.17, 15) is 13.2 Å². The Balaban J connectivity index is 1.95. The molecule has 1 amide bonds. The molecule has 3 aromatic rings. The summed E-state index contributed by atoms with van der Waals surface area (Å²) in [6.07, 6.45) is 0.199. The van der Waals surface area contributed by atoms with E-state index in [1.165, 1.54) is 13.2 Å². The molecule has 0 bridgehead atoms. The lowest BCUT2D eigenvalue weighted by Crippen LogP contribution is -2.45. The second-order valence-corrected chi connectivity index (χ2v) is 9.44. The van der Waals surface area contributed by atoms with E-state index in [0.717, 1.165) is 22.3 Å². The summed E-state index contributed by atoms with van der Waals surface area (Å²) < 4.78 is 34.4. The molecule has 6 nitrogen and oxygen atoms in total. The summed E-state index contributed by atoms with van der Waals surface area (Å²) in [5.41, 5.74) is 4.23. The molecule has 0 spiro atoms. The van der Waals surface area contributed by atoms with Gasteiger partial charge in [0.15, 0.2) is 0 Å². The third-order valence-corrected chi connectivity index (χ3v) is 6.86. The Hall–Kier alpha value is -3.16. The molecule has 2 N–H and O–H groups in total. The molecule has 0 aliphatic heterocycles. The number of benzene rings is 3. The molecule has 0 heterocycles. The van der Waals surface area contributed by atoms with Crippen LogP contribution >= 0.6 is 0 Å². The van der Waals surface area contributed by atoms with E-state index in [-0.39, 0.29) is 17.1 Å². The third-order valence-electron chi connectivity index (χ3n) is 5.37. The van der Waals surface area contributed by atoms with Crippen molar-refractivity contribution in [3.05, 3.63) is 89.0 Å². The van der Waals surface area contributed by atoms with Gasteiger partial charge in [-0.3, -0.25) is 4.79 Å². The molecule has 0 saturated heterocycles. The first-order chi connectivity index (χ1) is 15.2. The van der Waals surface area contributed by atoms with Gasteiger partial charge in [-0.2, -0.15) is 4.72 Å². The summed E-state index contributed by atoms with van der Waals surface area (Å²) >= 11 is 0. The number of sulfonamides is 1. The van der Waals surface area contributed by atoms with Crippen molar-refractivity contribution in [3.8, 4) is 5.75 Å². The van der Waals surface area contributed by atoms with Gasteiger partial charge in [0.1, 0.15) is 16.7 Å². The molecular weight excluding hydrogens is 424 g/mol. The Labute approximate surface area is 189 Å². The summed E-state index contributed by atoms with van der Waals surface area (Å²) in [7, 11) is -2.62. The highest BCUT2D eigenvalue weighted by molar-refractivity contribution is 7.89. The molecule has 0 fully saturated rings. The quantitative estimate of drug-likeness (QED) is 0.538. The highest BCUT2D eigenvalue weighted by atomic mass is 32.2. The first-order valence-corrected chi connectivity index (χ1v) is 11.8. The number of carbonyl (C=O) groups is 1. The number of hydrogen-bond donors (Lipinski definition) is 2. The predicted molar refractivity (Wildman–Crippen MR) is 127 cm³/mol. The molecule has 1 unspecified atom stereocenters. The molecule has 3 aromatic carbocycles. The van der Waals surface area contributed by atoms with Gasteiger partial charge < -0.3 is 10.1 Å². The van der Waals surface area contributed by atoms with Crippen LogP contribution in [0.4, 0.5) is 5.69 Å². The van der Waals surface area contributed by atoms with Crippen LogP contribution < -0.4 is 14.8 Å². The van der Waals surface area contributed by atoms with Gasteiger partial charge in [0.25, 0.3) is 0 Å². The fourth-order valence-corrected chi connectivity index (χ4v) is 4.84. The summed E-state index contributed by atoms with van der Waals surface area (Å²) in [5.74, 6) is -0.214. The van der Waals surface area contributed by atoms with Crippen molar-refractivity contribution in [2.45, 2.75) is 38.1 Å². The molecule has 168 valence electrons. The van der Waals surface area contributed by atoms with Crippen LogP contribution in [0.25, 0.3) is 0 Å². The number of amides is 1. The lowest BCUT2D eigenvalue weighted by Gasteiger charge is -2.21. The van der Waals surface area contributed by atoms with E-state index in [0.29, 0.717) is 5.69 Å². The summed E-state index contributed by atoms with van der Waals surface area (Å²) in [4.78, 5) is 13.2. The zero-order chi connectivity index (χ0) is 23.3. The number of nitrogens with one attached hydrogen (secondary N) is 2. The number of aryl methyl sites for hydroxylation is 2. The van der Waals surface area contributed by atoms with Gasteiger partial charge in [0.05, 0.1) is 7.11 Å². The summed E-state index contributed by atoms with van der Waals surface area (Å²) in [5, 5.41) is 2.89. The van der Waals surface area contributed by atoms with Gasteiger partial charge in [-0.15, -0.1) is 0 Å². The van der Waals surface area contributed by atoms with Crippen LogP contribution in [-0.4, -0.2) is 27.5 Å². The highest BCUT2D eigenvalue weighted by Gasteiger charge is 2.28. The highest BCUT2D eigenvalue weighted by Crippen LogP contribution is 2.25. The van der Waals surface area contributed by atoms with Gasteiger partial charge in [-0.1, -0.05) is 48.5 Å². The van der Waals surface area contributed by atoms with Crippen molar-refractivity contribution >= 4 is 21.6 Å². The largest absolute Gasteiger partial charge is 0.495 e. The Kier molecular flexibility index (Phi) is 7.33. The Bertz CT molecular complexity index is 1210. The molecule has 0 saturated carbocycles. The molecule has 32 heavy (non-hydrogen) atoms. The van der Waals surface area contributed by atoms with Crippen molar-refractivity contribution in [2.75, 3.05) is 12.4 Å². The van der Waals surface area contributed by atoms with Gasteiger partial charge in [-0.25, -0.2) is 8.42 Å². The second kappa shape index (κ2) is 9.97. The minimum atomic E-state index is -4.04. The van der Waals surface area contributed by atoms with Crippen molar-refractivity contribution < 1.29 is 17.9 Å². The molecule has 0 aliphatic carbocycles. The summed E-state index contributed by atoms with van der Waals surface area (Å²) in [6.45, 7) is 5.67. The van der Waals surface area contributed by atoms with Gasteiger partial charge in [-0.05, 0) is 67.6 Å². The first kappa shape index (κ1) is 23.5. The molecular formula is C25H28N2O4S. The Morgan fingerprint density at radius 3 is 2.38 bits per heavy atom. The van der Waals surface area contributed by atoms with Gasteiger partial charge in [0, 0.05) is 5.69 Å². The number of methoxy groups -OCH3 is 1. The van der Waals surface area contributed by atoms with E-state index >= 15 is 0 Å². The Morgan fingerprint density at radius 1 is 0.969 bits per heavy atom. The lowest BCUT2D eigenvalue weighted by molar-refractivity contribution is -0.117. The van der Waals surface area contributed by atoms with Crippen LogP contribution in [0.1, 0.15) is 22.3 Å². The van der Waals surface area contributed by atoms with Crippen molar-refractivity contribution in [1.29, 1.82) is 0 Å². The molecule has 0 radical (unpaired) electrons. The van der Waals surface area contributed by atoms with Crippen LogP contribution in [0.3, 0.4) is 0 Å². The average molecular weight is 453 g/mol. The molecule has 0 aliphatic rings. The van der Waals surface area contributed by atoms with Crippen molar-refractivity contribution in [1.82, 2.24) is 4.72 Å². The normalized spacial score (nSPS) is 12.2. The predicted octanol–water partition coefficient (Wildman–Crippen LogP) is 4.15. The third kappa shape index (κ3) is 5.55. The van der Waals surface area contributed by atoms with Crippen LogP contribution in [0.5, 0.6) is 5.75 Å². The number of hydrogen-bond acceptors (Lipinski definition) is 4. The zero-order valence-electron chi connectivity index (χ0n) is 18.7.